The number of esters is 1. The first-order valence-electron chi connectivity index (χ1n) is 7.53. The summed E-state index contributed by atoms with van der Waals surface area (Å²) in [7, 11) is 0. The van der Waals surface area contributed by atoms with Crippen molar-refractivity contribution in [3.05, 3.63) is 69.0 Å². The second-order valence-electron chi connectivity index (χ2n) is 5.49. The molecule has 0 spiro atoms. The highest BCUT2D eigenvalue weighted by Crippen LogP contribution is 2.30. The molecule has 132 valence electrons. The number of nitrogens with one attached hydrogen (secondary N) is 1. The molecule has 2 aromatic rings. The molecular formula is C16H16N2O7. The second kappa shape index (κ2) is 7.01. The number of rotatable bonds is 4. The minimum absolute atomic E-state index is 0.274. The third-order valence-electron chi connectivity index (χ3n) is 3.87. The molecule has 9 heteroatoms. The van der Waals surface area contributed by atoms with Gasteiger partial charge in [0.25, 0.3) is 5.56 Å². The van der Waals surface area contributed by atoms with Gasteiger partial charge in [0.2, 0.25) is 0 Å². The van der Waals surface area contributed by atoms with Crippen molar-refractivity contribution in [2.24, 2.45) is 0 Å². The van der Waals surface area contributed by atoms with Crippen molar-refractivity contribution in [3.8, 4) is 0 Å². The summed E-state index contributed by atoms with van der Waals surface area (Å²) in [6.45, 7) is -0.529. The van der Waals surface area contributed by atoms with Crippen molar-refractivity contribution in [2.45, 2.75) is 24.5 Å². The fourth-order valence-electron chi connectivity index (χ4n) is 2.64. The van der Waals surface area contributed by atoms with Crippen LogP contribution in [0.3, 0.4) is 0 Å². The van der Waals surface area contributed by atoms with Crippen LogP contribution in [-0.4, -0.2) is 50.7 Å². The number of aromatic amines is 1. The molecule has 9 nitrogen and oxygen atoms in total. The fourth-order valence-corrected chi connectivity index (χ4v) is 2.64. The summed E-state index contributed by atoms with van der Waals surface area (Å²) in [5.74, 6) is -0.693. The maximum Gasteiger partial charge on any atom is 0.338 e. The number of aromatic nitrogens is 2. The third-order valence-corrected chi connectivity index (χ3v) is 3.87. The summed E-state index contributed by atoms with van der Waals surface area (Å²) >= 11 is 0. The molecule has 4 atom stereocenters. The van der Waals surface area contributed by atoms with Crippen LogP contribution in [0.5, 0.6) is 0 Å². The summed E-state index contributed by atoms with van der Waals surface area (Å²) in [5, 5.41) is 19.9. The predicted molar refractivity (Wildman–Crippen MR) is 84.0 cm³/mol. The van der Waals surface area contributed by atoms with E-state index in [1.807, 2.05) is 4.98 Å². The van der Waals surface area contributed by atoms with E-state index in [-0.39, 0.29) is 5.56 Å². The largest absolute Gasteiger partial charge is 0.453 e. The quantitative estimate of drug-likeness (QED) is 0.605. The van der Waals surface area contributed by atoms with Crippen molar-refractivity contribution in [3.63, 3.8) is 0 Å². The van der Waals surface area contributed by atoms with E-state index in [4.69, 9.17) is 9.47 Å². The topological polar surface area (TPSA) is 131 Å². The van der Waals surface area contributed by atoms with E-state index in [2.05, 4.69) is 0 Å². The molecule has 3 N–H and O–H groups in total. The zero-order chi connectivity index (χ0) is 18.0. The van der Waals surface area contributed by atoms with Crippen LogP contribution in [0.4, 0.5) is 0 Å². The van der Waals surface area contributed by atoms with Crippen molar-refractivity contribution in [1.82, 2.24) is 9.55 Å². The molecule has 25 heavy (non-hydrogen) atoms. The molecule has 0 saturated carbocycles. The lowest BCUT2D eigenvalue weighted by atomic mass is 10.1. The number of carbonyl (C=O) groups excluding carboxylic acids is 1. The van der Waals surface area contributed by atoms with Crippen LogP contribution in [0.25, 0.3) is 0 Å². The van der Waals surface area contributed by atoms with Crippen LogP contribution in [0.15, 0.2) is 52.2 Å². The Morgan fingerprint density at radius 1 is 1.24 bits per heavy atom. The molecule has 0 unspecified atom stereocenters. The number of benzene rings is 1. The zero-order valence-electron chi connectivity index (χ0n) is 12.9. The number of hydrogen-bond acceptors (Lipinski definition) is 7. The Morgan fingerprint density at radius 2 is 1.96 bits per heavy atom. The molecule has 0 amide bonds. The van der Waals surface area contributed by atoms with Gasteiger partial charge in [0, 0.05) is 12.3 Å². The number of nitrogens with zero attached hydrogens (tertiary/aromatic N) is 1. The standard InChI is InChI=1S/C16H16N2O7/c19-8-10-13(25-15(22)9-4-2-1-3-5-9)12(21)14(24-10)18-7-6-11(20)17-16(18)23/h1-7,10,12-14,19,21H,8H2,(H,17,20,23)/t10-,12-,13-,14-/m1/s1. The molecule has 1 aromatic heterocycles. The van der Waals surface area contributed by atoms with E-state index in [1.54, 1.807) is 30.3 Å². The molecule has 0 bridgehead atoms. The first-order valence-corrected chi connectivity index (χ1v) is 7.53. The Balaban J connectivity index is 1.84. The number of carbonyl (C=O) groups is 1. The summed E-state index contributed by atoms with van der Waals surface area (Å²) in [6.07, 6.45) is -3.67. The molecule has 0 aliphatic carbocycles. The van der Waals surface area contributed by atoms with Gasteiger partial charge in [0.15, 0.2) is 12.3 Å². The number of H-pyrrole nitrogens is 1. The Morgan fingerprint density at radius 3 is 2.60 bits per heavy atom. The average Bonchev–Trinajstić information content (AvgIpc) is 2.92. The minimum Gasteiger partial charge on any atom is -0.453 e. The second-order valence-corrected chi connectivity index (χ2v) is 5.49. The molecular weight excluding hydrogens is 332 g/mol. The van der Waals surface area contributed by atoms with Crippen LogP contribution in [-0.2, 0) is 9.47 Å². The summed E-state index contributed by atoms with van der Waals surface area (Å²) < 4.78 is 11.7. The van der Waals surface area contributed by atoms with Crippen molar-refractivity contribution in [1.29, 1.82) is 0 Å². The van der Waals surface area contributed by atoms with E-state index < -0.39 is 48.4 Å². The zero-order valence-corrected chi connectivity index (χ0v) is 12.9. The normalized spacial score (nSPS) is 25.7. The molecule has 1 aliphatic rings. The van der Waals surface area contributed by atoms with Crippen LogP contribution >= 0.6 is 0 Å². The van der Waals surface area contributed by atoms with E-state index in [1.165, 1.54) is 0 Å². The monoisotopic (exact) mass is 348 g/mol. The Hall–Kier alpha value is -2.75. The highest BCUT2D eigenvalue weighted by atomic mass is 16.6. The van der Waals surface area contributed by atoms with E-state index in [0.29, 0.717) is 0 Å². The number of ether oxygens (including phenoxy) is 2. The number of aliphatic hydroxyl groups excluding tert-OH is 2. The third kappa shape index (κ3) is 3.38. The maximum absolute atomic E-state index is 12.2. The molecule has 2 heterocycles. The van der Waals surface area contributed by atoms with Crippen molar-refractivity contribution in [2.75, 3.05) is 6.61 Å². The molecule has 1 saturated heterocycles. The number of hydrogen-bond donors (Lipinski definition) is 3. The molecule has 1 aliphatic heterocycles. The van der Waals surface area contributed by atoms with E-state index in [9.17, 15) is 24.6 Å². The Kier molecular flexibility index (Phi) is 4.79. The summed E-state index contributed by atoms with van der Waals surface area (Å²) in [6, 6.07) is 9.23. The minimum atomic E-state index is -1.41. The molecule has 3 rings (SSSR count). The van der Waals surface area contributed by atoms with E-state index >= 15 is 0 Å². The molecule has 1 fully saturated rings. The average molecular weight is 348 g/mol. The van der Waals surface area contributed by atoms with Gasteiger partial charge in [-0.05, 0) is 12.1 Å². The smallest absolute Gasteiger partial charge is 0.338 e. The lowest BCUT2D eigenvalue weighted by Gasteiger charge is -2.20. The van der Waals surface area contributed by atoms with Crippen LogP contribution in [0.2, 0.25) is 0 Å². The Labute approximate surface area is 141 Å². The van der Waals surface area contributed by atoms with Gasteiger partial charge in [-0.25, -0.2) is 9.59 Å². The lowest BCUT2D eigenvalue weighted by Crippen LogP contribution is -2.40. The maximum atomic E-state index is 12.2. The fraction of sp³-hybridized carbons (Fsp3) is 0.312. The summed E-state index contributed by atoms with van der Waals surface area (Å²) in [5.41, 5.74) is -1.11. The van der Waals surface area contributed by atoms with Crippen LogP contribution < -0.4 is 11.2 Å². The van der Waals surface area contributed by atoms with E-state index in [0.717, 1.165) is 16.8 Å². The molecule has 0 radical (unpaired) electrons. The SMILES string of the molecule is O=C(O[C@H]1[C@@H](O)[C@H](n2ccc(=O)[nH]c2=O)O[C@@H]1CO)c1ccccc1. The van der Waals surface area contributed by atoms with Gasteiger partial charge in [0.1, 0.15) is 12.2 Å². The Bertz CT molecular complexity index is 861. The highest BCUT2D eigenvalue weighted by molar-refractivity contribution is 5.89. The van der Waals surface area contributed by atoms with Gasteiger partial charge in [-0.1, -0.05) is 18.2 Å². The predicted octanol–water partition coefficient (Wildman–Crippen LogP) is -0.987. The van der Waals surface area contributed by atoms with Crippen LogP contribution in [0, 0.1) is 0 Å². The highest BCUT2D eigenvalue weighted by Gasteiger charge is 2.47. The first kappa shape index (κ1) is 17.1. The van der Waals surface area contributed by atoms with Gasteiger partial charge in [0.05, 0.1) is 12.2 Å². The number of aliphatic hydroxyl groups is 2. The van der Waals surface area contributed by atoms with Crippen molar-refractivity contribution < 1.29 is 24.5 Å². The molecule has 1 aromatic carbocycles. The van der Waals surface area contributed by atoms with Gasteiger partial charge in [-0.3, -0.25) is 14.3 Å². The van der Waals surface area contributed by atoms with Gasteiger partial charge < -0.3 is 19.7 Å². The van der Waals surface area contributed by atoms with Gasteiger partial charge >= 0.3 is 11.7 Å². The van der Waals surface area contributed by atoms with Crippen LogP contribution in [0.1, 0.15) is 16.6 Å². The van der Waals surface area contributed by atoms with Crippen molar-refractivity contribution >= 4 is 5.97 Å². The lowest BCUT2D eigenvalue weighted by molar-refractivity contribution is -0.0563. The first-order chi connectivity index (χ1) is 12.0. The van der Waals surface area contributed by atoms with Gasteiger partial charge in [-0.2, -0.15) is 0 Å². The summed E-state index contributed by atoms with van der Waals surface area (Å²) in [4.78, 5) is 37.2. The van der Waals surface area contributed by atoms with Gasteiger partial charge in [-0.15, -0.1) is 0 Å².